The second-order valence-corrected chi connectivity index (χ2v) is 11.9. The Labute approximate surface area is 186 Å². The number of rotatable bonds is 4. The molecule has 0 radical (unpaired) electrons. The van der Waals surface area contributed by atoms with Crippen molar-refractivity contribution >= 4 is 5.78 Å². The summed E-state index contributed by atoms with van der Waals surface area (Å²) in [5, 5.41) is 10.6. The van der Waals surface area contributed by atoms with Gasteiger partial charge in [-0.3, -0.25) is 0 Å². The average molecular weight is 417 g/mol. The topological polar surface area (TPSA) is 37.3 Å². The second kappa shape index (κ2) is 8.72. The minimum absolute atomic E-state index is 0.324. The van der Waals surface area contributed by atoms with E-state index in [4.69, 9.17) is 0 Å². The predicted octanol–water partition coefficient (Wildman–Crippen LogP) is 7.35. The van der Waals surface area contributed by atoms with Crippen molar-refractivity contribution in [2.24, 2.45) is 40.4 Å². The highest BCUT2D eigenvalue weighted by atomic mass is 16.3. The lowest BCUT2D eigenvalue weighted by Crippen LogP contribution is -2.52. The third-order valence-electron chi connectivity index (χ3n) is 10.1. The van der Waals surface area contributed by atoms with Gasteiger partial charge in [-0.15, -0.1) is 0 Å². The summed E-state index contributed by atoms with van der Waals surface area (Å²) in [6.45, 7) is 15.3. The van der Waals surface area contributed by atoms with Gasteiger partial charge in [0.1, 0.15) is 5.78 Å². The monoisotopic (exact) mass is 416 g/mol. The molecule has 8 atom stereocenters. The van der Waals surface area contributed by atoms with Gasteiger partial charge in [0.15, 0.2) is 0 Å². The van der Waals surface area contributed by atoms with Gasteiger partial charge >= 0.3 is 0 Å². The number of allylic oxidation sites excluding steroid dienone is 1. The first kappa shape index (κ1) is 24.0. The molecule has 0 saturated heterocycles. The summed E-state index contributed by atoms with van der Waals surface area (Å²) in [6, 6.07) is 0. The van der Waals surface area contributed by atoms with Gasteiger partial charge in [0.2, 0.25) is 0 Å². The van der Waals surface area contributed by atoms with Crippen LogP contribution in [0.25, 0.3) is 0 Å². The zero-order chi connectivity index (χ0) is 22.3. The van der Waals surface area contributed by atoms with Gasteiger partial charge in [-0.05, 0) is 112 Å². The molecule has 0 spiro atoms. The number of hydrogen-bond donors (Lipinski definition) is 1. The lowest BCUT2D eigenvalue weighted by Gasteiger charge is -2.59. The van der Waals surface area contributed by atoms with E-state index >= 15 is 0 Å². The Morgan fingerprint density at radius 3 is 2.47 bits per heavy atom. The summed E-state index contributed by atoms with van der Waals surface area (Å²) in [5.74, 6) is 4.32. The number of ketones is 1. The first-order valence-corrected chi connectivity index (χ1v) is 13.0. The molecule has 0 bridgehead atoms. The van der Waals surface area contributed by atoms with Crippen LogP contribution < -0.4 is 0 Å². The molecule has 0 aliphatic heterocycles. The Balaban J connectivity index is 0.00000124. The fraction of sp³-hybridized carbons (Fsp3) is 0.893. The van der Waals surface area contributed by atoms with Crippen molar-refractivity contribution in [2.45, 2.75) is 118 Å². The zero-order valence-electron chi connectivity index (χ0n) is 20.9. The van der Waals surface area contributed by atoms with Crippen LogP contribution in [0.2, 0.25) is 0 Å². The summed E-state index contributed by atoms with van der Waals surface area (Å²) in [6.07, 6.45) is 14.1. The molecule has 1 N–H and O–H groups in total. The third kappa shape index (κ3) is 4.07. The molecule has 0 aromatic carbocycles. The maximum atomic E-state index is 11.5. The molecule has 3 saturated carbocycles. The van der Waals surface area contributed by atoms with Gasteiger partial charge in [-0.25, -0.2) is 0 Å². The summed E-state index contributed by atoms with van der Waals surface area (Å²) in [5.41, 5.74) is 1.87. The van der Waals surface area contributed by atoms with Crippen LogP contribution >= 0.6 is 0 Å². The van der Waals surface area contributed by atoms with Gasteiger partial charge < -0.3 is 9.90 Å². The van der Waals surface area contributed by atoms with E-state index in [1.165, 1.54) is 32.1 Å². The van der Waals surface area contributed by atoms with Crippen LogP contribution in [0, 0.1) is 40.4 Å². The van der Waals surface area contributed by atoms with Crippen molar-refractivity contribution in [3.8, 4) is 0 Å². The molecule has 0 aromatic heterocycles. The van der Waals surface area contributed by atoms with Crippen LogP contribution in [0.15, 0.2) is 11.6 Å². The number of carbonyl (C=O) groups excluding carboxylic acids is 1. The van der Waals surface area contributed by atoms with Crippen molar-refractivity contribution in [1.82, 2.24) is 0 Å². The van der Waals surface area contributed by atoms with Crippen LogP contribution in [-0.2, 0) is 4.79 Å². The fourth-order valence-electron chi connectivity index (χ4n) is 8.41. The van der Waals surface area contributed by atoms with Crippen molar-refractivity contribution in [1.29, 1.82) is 0 Å². The molecule has 4 aliphatic rings. The Morgan fingerprint density at radius 1 is 1.10 bits per heavy atom. The molecular formula is C28H48O2. The van der Waals surface area contributed by atoms with Gasteiger partial charge in [-0.2, -0.15) is 0 Å². The van der Waals surface area contributed by atoms with E-state index in [9.17, 15) is 9.90 Å². The highest BCUT2D eigenvalue weighted by Gasteiger charge is 2.59. The lowest BCUT2D eigenvalue weighted by atomic mass is 9.46. The van der Waals surface area contributed by atoms with E-state index in [1.54, 1.807) is 12.5 Å². The van der Waals surface area contributed by atoms with E-state index in [0.717, 1.165) is 55.8 Å². The van der Waals surface area contributed by atoms with Crippen molar-refractivity contribution in [2.75, 3.05) is 0 Å². The second-order valence-electron chi connectivity index (χ2n) is 11.9. The number of hydrogen-bond acceptors (Lipinski definition) is 2. The van der Waals surface area contributed by atoms with Crippen molar-refractivity contribution in [3.63, 3.8) is 0 Å². The summed E-state index contributed by atoms with van der Waals surface area (Å²) in [4.78, 5) is 11.5. The Bertz CT molecular complexity index is 662. The normalized spacial score (nSPS) is 45.8. The molecule has 4 aliphatic carbocycles. The van der Waals surface area contributed by atoms with Crippen LogP contribution in [0.1, 0.15) is 113 Å². The van der Waals surface area contributed by atoms with Crippen molar-refractivity contribution < 1.29 is 9.90 Å². The van der Waals surface area contributed by atoms with Gasteiger partial charge in [0.25, 0.3) is 0 Å². The Kier molecular flexibility index (Phi) is 6.98. The molecule has 6 unspecified atom stereocenters. The fourth-order valence-corrected chi connectivity index (χ4v) is 8.41. The molecule has 0 aromatic rings. The molecule has 2 nitrogen and oxygen atoms in total. The summed E-state index contributed by atoms with van der Waals surface area (Å²) >= 11 is 0. The maximum Gasteiger partial charge on any atom is 0.129 e. The van der Waals surface area contributed by atoms with E-state index in [0.29, 0.717) is 22.5 Å². The molecule has 3 fully saturated rings. The Morgan fingerprint density at radius 2 is 1.80 bits per heavy atom. The number of carbonyl (C=O) groups is 1. The zero-order valence-corrected chi connectivity index (χ0v) is 20.9. The summed E-state index contributed by atoms with van der Waals surface area (Å²) < 4.78 is 0. The standard InChI is InChI=1S/C26H42O2.C2H6/c1-17(6-7-18(2)27)21-10-11-22-20-9-8-19-16-24(3,28)14-15-25(19,4)23(20)12-13-26(21,22)5;1-2/h8,17,20-23,28H,6-7,9-16H2,1-5H3;1-2H3/t17-,20?,21?,22?,23?,24+,25?,26?;/m1./s1. The third-order valence-corrected chi connectivity index (χ3v) is 10.1. The highest BCUT2D eigenvalue weighted by molar-refractivity contribution is 5.75. The van der Waals surface area contributed by atoms with E-state index in [-0.39, 0.29) is 0 Å². The van der Waals surface area contributed by atoms with Crippen LogP contribution in [0.4, 0.5) is 0 Å². The van der Waals surface area contributed by atoms with Crippen LogP contribution in [0.5, 0.6) is 0 Å². The molecule has 0 heterocycles. The van der Waals surface area contributed by atoms with E-state index in [2.05, 4.69) is 26.8 Å². The molecule has 4 rings (SSSR count). The minimum Gasteiger partial charge on any atom is -0.390 e. The van der Waals surface area contributed by atoms with E-state index < -0.39 is 5.60 Å². The van der Waals surface area contributed by atoms with Crippen LogP contribution in [-0.4, -0.2) is 16.5 Å². The molecular weight excluding hydrogens is 368 g/mol. The molecule has 0 amide bonds. The molecule has 2 heteroatoms. The molecule has 30 heavy (non-hydrogen) atoms. The van der Waals surface area contributed by atoms with Gasteiger partial charge in [0.05, 0.1) is 5.60 Å². The lowest BCUT2D eigenvalue weighted by molar-refractivity contribution is -0.117. The SMILES string of the molecule is CC.CC(=O)CC[C@@H](C)C1CCC2C3CC=C4C[C@@](C)(O)CCC4(C)C3CCC21C. The largest absolute Gasteiger partial charge is 0.390 e. The predicted molar refractivity (Wildman–Crippen MR) is 126 cm³/mol. The Hall–Kier alpha value is -0.630. The highest BCUT2D eigenvalue weighted by Crippen LogP contribution is 2.67. The van der Waals surface area contributed by atoms with Crippen molar-refractivity contribution in [3.05, 3.63) is 11.6 Å². The maximum absolute atomic E-state index is 11.5. The smallest absolute Gasteiger partial charge is 0.129 e. The quantitative estimate of drug-likeness (QED) is 0.486. The molecule has 172 valence electrons. The van der Waals surface area contributed by atoms with Gasteiger partial charge in [0, 0.05) is 6.42 Å². The summed E-state index contributed by atoms with van der Waals surface area (Å²) in [7, 11) is 0. The average Bonchev–Trinajstić information content (AvgIpc) is 3.05. The minimum atomic E-state index is -0.494. The van der Waals surface area contributed by atoms with Crippen LogP contribution in [0.3, 0.4) is 0 Å². The number of fused-ring (bicyclic) bond motifs is 5. The number of aliphatic hydroxyl groups is 1. The first-order valence-electron chi connectivity index (χ1n) is 13.0. The van der Waals surface area contributed by atoms with E-state index in [1.807, 2.05) is 20.8 Å². The van der Waals surface area contributed by atoms with Gasteiger partial charge in [-0.1, -0.05) is 46.3 Å². The number of Topliss-reactive ketones (excluding diaryl/α,β-unsaturated/α-hetero) is 1. The first-order chi connectivity index (χ1) is 14.1.